The van der Waals surface area contributed by atoms with Gasteiger partial charge in [0.25, 0.3) is 0 Å². The Bertz CT molecular complexity index is 570. The van der Waals surface area contributed by atoms with Crippen molar-refractivity contribution >= 4 is 11.5 Å². The van der Waals surface area contributed by atoms with Crippen LogP contribution in [0.1, 0.15) is 25.1 Å². The highest BCUT2D eigenvalue weighted by Crippen LogP contribution is 2.25. The maximum absolute atomic E-state index is 4.52. The first-order valence-electron chi connectivity index (χ1n) is 7.35. The van der Waals surface area contributed by atoms with Crippen LogP contribution < -0.4 is 10.2 Å². The lowest BCUT2D eigenvalue weighted by Crippen LogP contribution is -2.35. The molecule has 1 aliphatic heterocycles. The summed E-state index contributed by atoms with van der Waals surface area (Å²) in [6.45, 7) is 5.20. The Morgan fingerprint density at radius 3 is 2.85 bits per heavy atom. The molecule has 1 fully saturated rings. The Labute approximate surface area is 119 Å². The van der Waals surface area contributed by atoms with Crippen LogP contribution >= 0.6 is 0 Å². The van der Waals surface area contributed by atoms with Crippen LogP contribution in [0.15, 0.2) is 12.4 Å². The van der Waals surface area contributed by atoms with E-state index in [-0.39, 0.29) is 0 Å². The van der Waals surface area contributed by atoms with Gasteiger partial charge in [-0.3, -0.25) is 4.40 Å². The van der Waals surface area contributed by atoms with E-state index in [4.69, 9.17) is 0 Å². The van der Waals surface area contributed by atoms with Crippen molar-refractivity contribution in [3.05, 3.63) is 18.2 Å². The van der Waals surface area contributed by atoms with Crippen LogP contribution in [0.2, 0.25) is 0 Å². The molecule has 0 atom stereocenters. The molecular weight excluding hydrogens is 252 g/mol. The van der Waals surface area contributed by atoms with Crippen molar-refractivity contribution in [2.45, 2.75) is 26.2 Å². The summed E-state index contributed by atoms with van der Waals surface area (Å²) in [4.78, 5) is 6.87. The quantitative estimate of drug-likeness (QED) is 0.909. The Balaban J connectivity index is 1.73. The molecule has 0 radical (unpaired) electrons. The molecule has 1 aliphatic rings. The van der Waals surface area contributed by atoms with E-state index < -0.39 is 0 Å². The van der Waals surface area contributed by atoms with E-state index in [1.165, 1.54) is 19.3 Å². The van der Waals surface area contributed by atoms with E-state index in [2.05, 4.69) is 25.4 Å². The van der Waals surface area contributed by atoms with Gasteiger partial charge in [0.2, 0.25) is 5.65 Å². The highest BCUT2D eigenvalue weighted by Gasteiger charge is 2.22. The molecule has 0 saturated carbocycles. The third-order valence-electron chi connectivity index (χ3n) is 4.20. The molecular formula is C14H22N6. The van der Waals surface area contributed by atoms with Crippen molar-refractivity contribution < 1.29 is 0 Å². The number of nitrogens with zero attached hydrogens (tertiary/aromatic N) is 5. The van der Waals surface area contributed by atoms with Crippen LogP contribution in [0.5, 0.6) is 0 Å². The van der Waals surface area contributed by atoms with Gasteiger partial charge in [-0.05, 0) is 45.7 Å². The average molecular weight is 274 g/mol. The Morgan fingerprint density at radius 2 is 2.10 bits per heavy atom. The molecule has 0 unspecified atom stereocenters. The number of hydrogen-bond acceptors (Lipinski definition) is 5. The van der Waals surface area contributed by atoms with Gasteiger partial charge in [0.15, 0.2) is 5.82 Å². The number of aromatic nitrogens is 4. The highest BCUT2D eigenvalue weighted by atomic mass is 15.3. The number of aryl methyl sites for hydroxylation is 1. The monoisotopic (exact) mass is 274 g/mol. The van der Waals surface area contributed by atoms with Crippen LogP contribution in [-0.4, -0.2) is 46.3 Å². The summed E-state index contributed by atoms with van der Waals surface area (Å²) in [6, 6.07) is 0. The van der Waals surface area contributed by atoms with Gasteiger partial charge in [0.05, 0.1) is 0 Å². The van der Waals surface area contributed by atoms with Crippen LogP contribution in [0.3, 0.4) is 0 Å². The lowest BCUT2D eigenvalue weighted by atomic mass is 9.93. The molecule has 2 aromatic rings. The zero-order valence-corrected chi connectivity index (χ0v) is 12.2. The number of fused-ring (bicyclic) bond motifs is 1. The maximum Gasteiger partial charge on any atom is 0.203 e. The van der Waals surface area contributed by atoms with Gasteiger partial charge >= 0.3 is 0 Å². The number of hydrogen-bond donors (Lipinski definition) is 1. The van der Waals surface area contributed by atoms with Crippen LogP contribution in [0, 0.1) is 12.8 Å². The molecule has 1 saturated heterocycles. The fraction of sp³-hybridized carbons (Fsp3) is 0.643. The van der Waals surface area contributed by atoms with E-state index >= 15 is 0 Å². The van der Waals surface area contributed by atoms with Crippen molar-refractivity contribution in [1.29, 1.82) is 0 Å². The number of nitrogens with one attached hydrogen (secondary N) is 1. The van der Waals surface area contributed by atoms with Crippen molar-refractivity contribution in [2.24, 2.45) is 5.92 Å². The highest BCUT2D eigenvalue weighted by molar-refractivity contribution is 5.63. The summed E-state index contributed by atoms with van der Waals surface area (Å²) in [5.41, 5.74) is 0.874. The second kappa shape index (κ2) is 5.75. The van der Waals surface area contributed by atoms with Crippen molar-refractivity contribution in [1.82, 2.24) is 24.9 Å². The van der Waals surface area contributed by atoms with E-state index in [1.807, 2.05) is 30.8 Å². The van der Waals surface area contributed by atoms with Gasteiger partial charge in [-0.2, -0.15) is 0 Å². The summed E-state index contributed by atoms with van der Waals surface area (Å²) in [7, 11) is 2.02. The minimum Gasteiger partial charge on any atom is -0.353 e. The summed E-state index contributed by atoms with van der Waals surface area (Å²) in [5.74, 6) is 2.71. The molecule has 0 bridgehead atoms. The third kappa shape index (κ3) is 2.47. The second-order valence-corrected chi connectivity index (χ2v) is 5.51. The van der Waals surface area contributed by atoms with Gasteiger partial charge in [-0.25, -0.2) is 4.98 Å². The molecule has 2 aromatic heterocycles. The smallest absolute Gasteiger partial charge is 0.203 e. The van der Waals surface area contributed by atoms with Gasteiger partial charge in [0, 0.05) is 25.5 Å². The molecule has 6 nitrogen and oxygen atoms in total. The fourth-order valence-electron chi connectivity index (χ4n) is 2.93. The maximum atomic E-state index is 4.52. The van der Waals surface area contributed by atoms with Gasteiger partial charge < -0.3 is 10.2 Å². The molecule has 108 valence electrons. The zero-order valence-electron chi connectivity index (χ0n) is 12.2. The van der Waals surface area contributed by atoms with Crippen LogP contribution in [0.4, 0.5) is 5.82 Å². The Hall–Kier alpha value is -1.69. The SMILES string of the molecule is CNCCC1CCN(c2nccn3c(C)nnc23)CC1. The number of piperidine rings is 1. The first kappa shape index (κ1) is 13.3. The summed E-state index contributed by atoms with van der Waals surface area (Å²) in [6.07, 6.45) is 7.50. The minimum absolute atomic E-state index is 0.832. The van der Waals surface area contributed by atoms with Crippen molar-refractivity contribution in [3.63, 3.8) is 0 Å². The van der Waals surface area contributed by atoms with Gasteiger partial charge in [-0.15, -0.1) is 10.2 Å². The van der Waals surface area contributed by atoms with Gasteiger partial charge in [-0.1, -0.05) is 0 Å². The van der Waals surface area contributed by atoms with E-state index in [0.29, 0.717) is 0 Å². The molecule has 0 spiro atoms. The average Bonchev–Trinajstić information content (AvgIpc) is 2.87. The Kier molecular flexibility index (Phi) is 3.82. The molecule has 6 heteroatoms. The predicted octanol–water partition coefficient (Wildman–Crippen LogP) is 1.26. The lowest BCUT2D eigenvalue weighted by molar-refractivity contribution is 0.377. The molecule has 0 aromatic carbocycles. The largest absolute Gasteiger partial charge is 0.353 e. The topological polar surface area (TPSA) is 58.4 Å². The molecule has 3 rings (SSSR count). The van der Waals surface area contributed by atoms with Crippen molar-refractivity contribution in [2.75, 3.05) is 31.6 Å². The number of anilines is 1. The third-order valence-corrected chi connectivity index (χ3v) is 4.20. The first-order valence-corrected chi connectivity index (χ1v) is 7.35. The first-order chi connectivity index (χ1) is 9.79. The van der Waals surface area contributed by atoms with Gasteiger partial charge in [0.1, 0.15) is 5.82 Å². The van der Waals surface area contributed by atoms with Crippen molar-refractivity contribution in [3.8, 4) is 0 Å². The number of rotatable bonds is 4. The summed E-state index contributed by atoms with van der Waals surface area (Å²) >= 11 is 0. The molecule has 20 heavy (non-hydrogen) atoms. The van der Waals surface area contributed by atoms with Crippen LogP contribution in [0.25, 0.3) is 5.65 Å². The van der Waals surface area contributed by atoms with E-state index in [9.17, 15) is 0 Å². The fourth-order valence-corrected chi connectivity index (χ4v) is 2.93. The van der Waals surface area contributed by atoms with Crippen LogP contribution in [-0.2, 0) is 0 Å². The molecule has 0 aliphatic carbocycles. The standard InChI is InChI=1S/C14H22N6/c1-11-17-18-14-13(16-7-10-20(11)14)19-8-4-12(5-9-19)3-6-15-2/h7,10,12,15H,3-6,8-9H2,1-2H3. The zero-order chi connectivity index (χ0) is 13.9. The minimum atomic E-state index is 0.832. The summed E-state index contributed by atoms with van der Waals surface area (Å²) in [5, 5.41) is 11.6. The Morgan fingerprint density at radius 1 is 1.30 bits per heavy atom. The molecule has 3 heterocycles. The van der Waals surface area contributed by atoms with E-state index in [1.54, 1.807) is 0 Å². The summed E-state index contributed by atoms with van der Waals surface area (Å²) < 4.78 is 2.01. The molecule has 1 N–H and O–H groups in total. The second-order valence-electron chi connectivity index (χ2n) is 5.51. The normalized spacial score (nSPS) is 17.0. The lowest BCUT2D eigenvalue weighted by Gasteiger charge is -2.32. The predicted molar refractivity (Wildman–Crippen MR) is 79.0 cm³/mol. The molecule has 0 amide bonds. The van der Waals surface area contributed by atoms with E-state index in [0.717, 1.165) is 42.8 Å².